The van der Waals surface area contributed by atoms with Crippen LogP contribution in [0.25, 0.3) is 0 Å². The molecule has 1 N–H and O–H groups in total. The fourth-order valence-electron chi connectivity index (χ4n) is 1.40. The van der Waals surface area contributed by atoms with Crippen LogP contribution in [0.5, 0.6) is 5.75 Å². The number of aromatic carboxylic acids is 2. The average Bonchev–Trinajstić information content (AvgIpc) is 2.12. The van der Waals surface area contributed by atoms with Gasteiger partial charge in [-0.1, -0.05) is 5.56 Å². The van der Waals surface area contributed by atoms with Crippen LogP contribution in [0.2, 0.25) is 0 Å². The second-order valence-electron chi connectivity index (χ2n) is 3.16. The van der Waals surface area contributed by atoms with Crippen molar-refractivity contribution in [3.63, 3.8) is 0 Å². The summed E-state index contributed by atoms with van der Waals surface area (Å²) in [5.74, 6) is -3.50. The maximum Gasteiger partial charge on any atom is 0.336 e. The van der Waals surface area contributed by atoms with Crippen LogP contribution in [0.4, 0.5) is 0 Å². The lowest BCUT2D eigenvalue weighted by molar-refractivity contribution is -0.270. The van der Waals surface area contributed by atoms with E-state index in [0.717, 1.165) is 6.07 Å². The predicted molar refractivity (Wildman–Crippen MR) is 46.7 cm³/mol. The van der Waals surface area contributed by atoms with Crippen LogP contribution in [0.3, 0.4) is 0 Å². The minimum absolute atomic E-state index is 0.0818. The van der Waals surface area contributed by atoms with Gasteiger partial charge in [-0.3, -0.25) is 0 Å². The summed E-state index contributed by atoms with van der Waals surface area (Å²) >= 11 is 0. The van der Waals surface area contributed by atoms with Gasteiger partial charge >= 0.3 is 5.97 Å². The lowest BCUT2D eigenvalue weighted by Gasteiger charge is -2.19. The highest BCUT2D eigenvalue weighted by atomic mass is 16.4. The van der Waals surface area contributed by atoms with Crippen LogP contribution in [0, 0.1) is 13.8 Å². The van der Waals surface area contributed by atoms with Gasteiger partial charge in [-0.2, -0.15) is 0 Å². The van der Waals surface area contributed by atoms with Gasteiger partial charge in [0.2, 0.25) is 0 Å². The number of benzene rings is 1. The van der Waals surface area contributed by atoms with E-state index >= 15 is 0 Å². The Balaban J connectivity index is 3.65. The van der Waals surface area contributed by atoms with Gasteiger partial charge in [0, 0.05) is 5.56 Å². The smallest absolute Gasteiger partial charge is 0.336 e. The Kier molecular flexibility index (Phi) is 2.65. The molecule has 0 heterocycles. The first-order valence-corrected chi connectivity index (χ1v) is 4.12. The molecule has 0 aliphatic rings. The number of carbonyl (C=O) groups excluding carboxylic acids is 1. The highest BCUT2D eigenvalue weighted by molar-refractivity contribution is 6.02. The second-order valence-corrected chi connectivity index (χ2v) is 3.16. The fraction of sp³-hybridized carbons (Fsp3) is 0.200. The molecular formula is C10H8O5-2. The third-order valence-electron chi connectivity index (χ3n) is 2.14. The molecule has 1 aromatic rings. The molecular weight excluding hydrogens is 200 g/mol. The number of hydrogen-bond donors (Lipinski definition) is 1. The largest absolute Gasteiger partial charge is 0.872 e. The minimum atomic E-state index is -1.60. The molecule has 0 fully saturated rings. The van der Waals surface area contributed by atoms with Gasteiger partial charge in [-0.25, -0.2) is 4.79 Å². The zero-order chi connectivity index (χ0) is 11.7. The summed E-state index contributed by atoms with van der Waals surface area (Å²) in [6.45, 7) is 2.71. The van der Waals surface area contributed by atoms with E-state index in [1.807, 2.05) is 0 Å². The van der Waals surface area contributed by atoms with Gasteiger partial charge < -0.3 is 20.1 Å². The van der Waals surface area contributed by atoms with Crippen LogP contribution >= 0.6 is 0 Å². The van der Waals surface area contributed by atoms with Gasteiger partial charge in [0.25, 0.3) is 0 Å². The average molecular weight is 208 g/mol. The van der Waals surface area contributed by atoms with E-state index in [9.17, 15) is 19.8 Å². The van der Waals surface area contributed by atoms with Crippen molar-refractivity contribution in [2.45, 2.75) is 13.8 Å². The number of carboxylic acid groups (broad SMARTS) is 2. The Morgan fingerprint density at radius 2 is 1.87 bits per heavy atom. The van der Waals surface area contributed by atoms with Crippen LogP contribution in [0.1, 0.15) is 31.8 Å². The zero-order valence-electron chi connectivity index (χ0n) is 8.16. The molecule has 0 saturated heterocycles. The Labute approximate surface area is 85.6 Å². The summed E-state index contributed by atoms with van der Waals surface area (Å²) in [5.41, 5.74) is -0.846. The van der Waals surface area contributed by atoms with E-state index in [1.54, 1.807) is 0 Å². The summed E-state index contributed by atoms with van der Waals surface area (Å²) in [5, 5.41) is 30.8. The molecule has 80 valence electrons. The van der Waals surface area contributed by atoms with E-state index in [1.165, 1.54) is 13.8 Å². The van der Waals surface area contributed by atoms with Crippen molar-refractivity contribution < 1.29 is 24.9 Å². The first-order valence-electron chi connectivity index (χ1n) is 4.12. The lowest BCUT2D eigenvalue weighted by Crippen LogP contribution is -2.26. The number of carboxylic acids is 2. The summed E-state index contributed by atoms with van der Waals surface area (Å²) in [4.78, 5) is 21.4. The van der Waals surface area contributed by atoms with Gasteiger partial charge in [0.05, 0.1) is 11.5 Å². The number of carbonyl (C=O) groups is 2. The maximum absolute atomic E-state index is 11.4. The summed E-state index contributed by atoms with van der Waals surface area (Å²) in [7, 11) is 0. The molecule has 1 aromatic carbocycles. The monoisotopic (exact) mass is 208 g/mol. The summed E-state index contributed by atoms with van der Waals surface area (Å²) in [6.07, 6.45) is 0. The summed E-state index contributed by atoms with van der Waals surface area (Å²) in [6, 6.07) is 1.02. The molecule has 0 unspecified atom stereocenters. The van der Waals surface area contributed by atoms with Crippen LogP contribution < -0.4 is 10.2 Å². The molecule has 0 bridgehead atoms. The van der Waals surface area contributed by atoms with Crippen LogP contribution in [-0.4, -0.2) is 17.0 Å². The quantitative estimate of drug-likeness (QED) is 0.701. The molecule has 0 amide bonds. The van der Waals surface area contributed by atoms with Crippen molar-refractivity contribution in [3.05, 3.63) is 28.3 Å². The molecule has 0 radical (unpaired) electrons. The second kappa shape index (κ2) is 3.61. The van der Waals surface area contributed by atoms with Crippen LogP contribution in [0.15, 0.2) is 6.07 Å². The van der Waals surface area contributed by atoms with Gasteiger partial charge in [-0.15, -0.1) is 5.75 Å². The van der Waals surface area contributed by atoms with E-state index in [2.05, 4.69) is 0 Å². The number of aryl methyl sites for hydroxylation is 1. The lowest BCUT2D eigenvalue weighted by atomic mass is 9.97. The van der Waals surface area contributed by atoms with Crippen molar-refractivity contribution in [1.82, 2.24) is 0 Å². The molecule has 0 aliphatic heterocycles. The molecule has 15 heavy (non-hydrogen) atoms. The summed E-state index contributed by atoms with van der Waals surface area (Å²) < 4.78 is 0. The van der Waals surface area contributed by atoms with E-state index in [0.29, 0.717) is 0 Å². The van der Waals surface area contributed by atoms with Crippen molar-refractivity contribution in [3.8, 4) is 5.75 Å². The van der Waals surface area contributed by atoms with Crippen molar-refractivity contribution in [2.75, 3.05) is 0 Å². The van der Waals surface area contributed by atoms with Crippen LogP contribution in [-0.2, 0) is 0 Å². The topological polar surface area (TPSA) is 100 Å². The normalized spacial score (nSPS) is 10.0. The maximum atomic E-state index is 11.4. The van der Waals surface area contributed by atoms with Gasteiger partial charge in [-0.05, 0) is 25.5 Å². The molecule has 1 rings (SSSR count). The zero-order valence-corrected chi connectivity index (χ0v) is 8.16. The SMILES string of the molecule is Cc1cc(C(=O)[O-])c(C(=O)O)c(C)c1[O-]. The molecule has 0 aromatic heterocycles. The fourth-order valence-corrected chi connectivity index (χ4v) is 1.40. The first-order chi connectivity index (χ1) is 6.86. The van der Waals surface area contributed by atoms with Gasteiger partial charge in [0.15, 0.2) is 0 Å². The molecule has 0 saturated carbocycles. The minimum Gasteiger partial charge on any atom is -0.872 e. The predicted octanol–water partition coefficient (Wildman–Crippen LogP) is -0.561. The first kappa shape index (κ1) is 11.0. The third-order valence-corrected chi connectivity index (χ3v) is 2.14. The molecule has 0 spiro atoms. The van der Waals surface area contributed by atoms with E-state index < -0.39 is 28.8 Å². The molecule has 5 nitrogen and oxygen atoms in total. The van der Waals surface area contributed by atoms with Crippen molar-refractivity contribution >= 4 is 11.9 Å². The van der Waals surface area contributed by atoms with Crippen molar-refractivity contribution in [1.29, 1.82) is 0 Å². The number of hydrogen-bond acceptors (Lipinski definition) is 4. The molecule has 0 atom stereocenters. The van der Waals surface area contributed by atoms with E-state index in [-0.39, 0.29) is 11.1 Å². The standard InChI is InChI=1S/C10H10O5/c1-4-3-6(9(12)13)7(10(14)15)5(2)8(4)11/h3,11H,1-2H3,(H,12,13)(H,14,15)/p-2. The van der Waals surface area contributed by atoms with Crippen molar-refractivity contribution in [2.24, 2.45) is 0 Å². The third kappa shape index (κ3) is 1.76. The Hall–Kier alpha value is -2.04. The van der Waals surface area contributed by atoms with Gasteiger partial charge in [0.1, 0.15) is 0 Å². The highest BCUT2D eigenvalue weighted by Gasteiger charge is 2.15. The molecule has 0 aliphatic carbocycles. The van der Waals surface area contributed by atoms with E-state index in [4.69, 9.17) is 5.11 Å². The Morgan fingerprint density at radius 3 is 2.27 bits per heavy atom. The molecule has 5 heteroatoms. The highest BCUT2D eigenvalue weighted by Crippen LogP contribution is 2.25. The Bertz CT molecular complexity index is 448. The number of rotatable bonds is 2. The Morgan fingerprint density at radius 1 is 1.33 bits per heavy atom.